The highest BCUT2D eigenvalue weighted by Crippen LogP contribution is 2.45. The van der Waals surface area contributed by atoms with Crippen LogP contribution in [0.25, 0.3) is 0 Å². The fraction of sp³-hybridized carbons (Fsp3) is 0.471. The molecule has 2 rings (SSSR count). The maximum atomic E-state index is 12.3. The van der Waals surface area contributed by atoms with Crippen LogP contribution in [0.4, 0.5) is 0 Å². The number of pyridine rings is 1. The molecule has 0 radical (unpaired) electrons. The van der Waals surface area contributed by atoms with Crippen LogP contribution in [0.2, 0.25) is 0 Å². The number of methoxy groups -OCH3 is 1. The quantitative estimate of drug-likeness (QED) is 0.837. The van der Waals surface area contributed by atoms with Gasteiger partial charge in [-0.05, 0) is 32.4 Å². The number of carbonyl (C=O) groups is 1. The lowest BCUT2D eigenvalue weighted by molar-refractivity contribution is -0.128. The molecule has 0 amide bonds. The number of ketones is 1. The predicted molar refractivity (Wildman–Crippen MR) is 79.5 cm³/mol. The number of Topliss-reactive ketones (excluding diaryl/α,β-unsaturated/α-hetero) is 1. The van der Waals surface area contributed by atoms with Gasteiger partial charge < -0.3 is 4.74 Å². The molecule has 1 aromatic rings. The van der Waals surface area contributed by atoms with Crippen LogP contribution in [0.15, 0.2) is 23.8 Å². The molecule has 0 fully saturated rings. The number of ether oxygens (including phenoxy) is 1. The molecular formula is C17H20N2O2. The van der Waals surface area contributed by atoms with Crippen molar-refractivity contribution in [3.8, 4) is 6.07 Å². The lowest BCUT2D eigenvalue weighted by Gasteiger charge is -2.41. The molecule has 1 unspecified atom stereocenters. The molecular weight excluding hydrogens is 264 g/mol. The molecule has 0 saturated heterocycles. The number of nitrogens with zero attached hydrogens (tertiary/aromatic N) is 2. The van der Waals surface area contributed by atoms with Gasteiger partial charge in [0.25, 0.3) is 0 Å². The summed E-state index contributed by atoms with van der Waals surface area (Å²) in [5.74, 6) is -0.129. The third-order valence-electron chi connectivity index (χ3n) is 4.11. The van der Waals surface area contributed by atoms with Gasteiger partial charge in [0, 0.05) is 29.5 Å². The summed E-state index contributed by atoms with van der Waals surface area (Å²) in [6, 6.07) is 5.90. The third kappa shape index (κ3) is 2.50. The Morgan fingerprint density at radius 2 is 2.00 bits per heavy atom. The Balaban J connectivity index is 2.69. The van der Waals surface area contributed by atoms with E-state index in [4.69, 9.17) is 4.74 Å². The zero-order valence-corrected chi connectivity index (χ0v) is 13.2. The summed E-state index contributed by atoms with van der Waals surface area (Å²) >= 11 is 0. The first kappa shape index (κ1) is 15.4. The van der Waals surface area contributed by atoms with Crippen molar-refractivity contribution in [3.63, 3.8) is 0 Å². The van der Waals surface area contributed by atoms with Crippen LogP contribution in [0.3, 0.4) is 0 Å². The highest BCUT2D eigenvalue weighted by atomic mass is 16.5. The summed E-state index contributed by atoms with van der Waals surface area (Å²) in [5, 5.41) is 9.27. The Morgan fingerprint density at radius 1 is 1.33 bits per heavy atom. The minimum atomic E-state index is -0.784. The average Bonchev–Trinajstić information content (AvgIpc) is 2.41. The molecule has 1 aliphatic rings. The number of hydrogen-bond acceptors (Lipinski definition) is 4. The maximum absolute atomic E-state index is 12.3. The van der Waals surface area contributed by atoms with E-state index in [1.54, 1.807) is 13.2 Å². The first-order chi connectivity index (χ1) is 9.75. The molecule has 0 spiro atoms. The van der Waals surface area contributed by atoms with Crippen molar-refractivity contribution >= 4 is 5.78 Å². The van der Waals surface area contributed by atoms with Crippen LogP contribution in [-0.2, 0) is 15.1 Å². The Bertz CT molecular complexity index is 668. The van der Waals surface area contributed by atoms with Crippen LogP contribution >= 0.6 is 0 Å². The van der Waals surface area contributed by atoms with Crippen LogP contribution in [-0.4, -0.2) is 17.9 Å². The van der Waals surface area contributed by atoms with Gasteiger partial charge in [-0.1, -0.05) is 19.9 Å². The van der Waals surface area contributed by atoms with Crippen LogP contribution in [0.5, 0.6) is 0 Å². The first-order valence-corrected chi connectivity index (χ1v) is 6.93. The molecule has 0 aromatic carbocycles. The van der Waals surface area contributed by atoms with Crippen molar-refractivity contribution in [2.24, 2.45) is 5.41 Å². The fourth-order valence-corrected chi connectivity index (χ4v) is 3.08. The second-order valence-corrected chi connectivity index (χ2v) is 6.24. The lowest BCUT2D eigenvalue weighted by atomic mass is 9.67. The zero-order valence-electron chi connectivity index (χ0n) is 13.2. The number of rotatable bonds is 2. The van der Waals surface area contributed by atoms with E-state index in [2.05, 4.69) is 4.98 Å². The van der Waals surface area contributed by atoms with Gasteiger partial charge in [-0.2, -0.15) is 5.26 Å². The second kappa shape index (κ2) is 5.09. The molecule has 0 saturated carbocycles. The molecule has 0 N–H and O–H groups in total. The van der Waals surface area contributed by atoms with E-state index in [1.165, 1.54) is 0 Å². The van der Waals surface area contributed by atoms with Crippen molar-refractivity contribution in [3.05, 3.63) is 40.7 Å². The standard InChI is InChI=1S/C17H20N2O2/c1-11-6-7-14(12(2)19-11)17(21-5)8-13(9-18)15(20)16(3,4)10-17/h6-8H,10H2,1-5H3. The van der Waals surface area contributed by atoms with Crippen molar-refractivity contribution in [1.82, 2.24) is 4.98 Å². The number of allylic oxidation sites excluding steroid dienone is 1. The van der Waals surface area contributed by atoms with Gasteiger partial charge in [0.2, 0.25) is 0 Å². The van der Waals surface area contributed by atoms with Crippen molar-refractivity contribution in [2.75, 3.05) is 7.11 Å². The normalized spacial score (nSPS) is 24.4. The molecule has 0 bridgehead atoms. The van der Waals surface area contributed by atoms with Gasteiger partial charge >= 0.3 is 0 Å². The molecule has 110 valence electrons. The van der Waals surface area contributed by atoms with E-state index in [9.17, 15) is 10.1 Å². The summed E-state index contributed by atoms with van der Waals surface area (Å²) in [6.45, 7) is 7.56. The van der Waals surface area contributed by atoms with E-state index in [-0.39, 0.29) is 11.4 Å². The third-order valence-corrected chi connectivity index (χ3v) is 4.11. The van der Waals surface area contributed by atoms with Gasteiger partial charge in [-0.15, -0.1) is 0 Å². The van der Waals surface area contributed by atoms with Gasteiger partial charge in [-0.3, -0.25) is 9.78 Å². The summed E-state index contributed by atoms with van der Waals surface area (Å²) in [5.41, 5.74) is 1.42. The molecule has 1 aliphatic carbocycles. The molecule has 1 aromatic heterocycles. The molecule has 4 heteroatoms. The van der Waals surface area contributed by atoms with Crippen LogP contribution in [0.1, 0.15) is 37.2 Å². The van der Waals surface area contributed by atoms with Crippen molar-refractivity contribution in [2.45, 2.75) is 39.7 Å². The lowest BCUT2D eigenvalue weighted by Crippen LogP contribution is -2.42. The number of nitriles is 1. The maximum Gasteiger partial charge on any atom is 0.178 e. The van der Waals surface area contributed by atoms with Crippen molar-refractivity contribution < 1.29 is 9.53 Å². The monoisotopic (exact) mass is 284 g/mol. The molecule has 21 heavy (non-hydrogen) atoms. The van der Waals surface area contributed by atoms with Crippen LogP contribution < -0.4 is 0 Å². The number of carbonyl (C=O) groups excluding carboxylic acids is 1. The Hall–Kier alpha value is -1.99. The zero-order chi connectivity index (χ0) is 15.8. The predicted octanol–water partition coefficient (Wildman–Crippen LogP) is 2.99. The Morgan fingerprint density at radius 3 is 2.52 bits per heavy atom. The molecule has 0 aliphatic heterocycles. The second-order valence-electron chi connectivity index (χ2n) is 6.24. The fourth-order valence-electron chi connectivity index (χ4n) is 3.08. The minimum Gasteiger partial charge on any atom is -0.369 e. The Kier molecular flexibility index (Phi) is 3.73. The first-order valence-electron chi connectivity index (χ1n) is 6.93. The summed E-state index contributed by atoms with van der Waals surface area (Å²) in [6.07, 6.45) is 2.14. The largest absolute Gasteiger partial charge is 0.369 e. The number of aromatic nitrogens is 1. The van der Waals surface area contributed by atoms with Gasteiger partial charge in [0.05, 0.1) is 5.57 Å². The van der Waals surface area contributed by atoms with E-state index >= 15 is 0 Å². The Labute approximate surface area is 125 Å². The smallest absolute Gasteiger partial charge is 0.178 e. The summed E-state index contributed by atoms with van der Waals surface area (Å²) in [4.78, 5) is 16.8. The van der Waals surface area contributed by atoms with E-state index in [0.29, 0.717) is 6.42 Å². The SMILES string of the molecule is COC1(c2ccc(C)nc2C)C=C(C#N)C(=O)C(C)(C)C1. The summed E-state index contributed by atoms with van der Waals surface area (Å²) < 4.78 is 5.78. The van der Waals surface area contributed by atoms with E-state index in [0.717, 1.165) is 17.0 Å². The molecule has 4 nitrogen and oxygen atoms in total. The van der Waals surface area contributed by atoms with E-state index in [1.807, 2.05) is 45.9 Å². The number of hydrogen-bond donors (Lipinski definition) is 0. The minimum absolute atomic E-state index is 0.129. The van der Waals surface area contributed by atoms with Gasteiger partial charge in [0.1, 0.15) is 11.7 Å². The van der Waals surface area contributed by atoms with Crippen LogP contribution in [0, 0.1) is 30.6 Å². The summed E-state index contributed by atoms with van der Waals surface area (Å²) in [7, 11) is 1.61. The van der Waals surface area contributed by atoms with Gasteiger partial charge in [0.15, 0.2) is 5.78 Å². The molecule has 1 atom stereocenters. The number of aryl methyl sites for hydroxylation is 2. The molecule has 1 heterocycles. The highest BCUT2D eigenvalue weighted by Gasteiger charge is 2.47. The van der Waals surface area contributed by atoms with Gasteiger partial charge in [-0.25, -0.2) is 0 Å². The average molecular weight is 284 g/mol. The van der Waals surface area contributed by atoms with E-state index < -0.39 is 11.0 Å². The topological polar surface area (TPSA) is 63.0 Å². The highest BCUT2D eigenvalue weighted by molar-refractivity contribution is 6.04. The van der Waals surface area contributed by atoms with Crippen molar-refractivity contribution in [1.29, 1.82) is 5.26 Å².